The zero-order chi connectivity index (χ0) is 19.5. The third-order valence-electron chi connectivity index (χ3n) is 4.39. The zero-order valence-corrected chi connectivity index (χ0v) is 16.1. The number of carbonyl (C=O) groups is 2. The van der Waals surface area contributed by atoms with Crippen LogP contribution >= 0.6 is 0 Å². The van der Waals surface area contributed by atoms with Gasteiger partial charge in [-0.3, -0.25) is 14.5 Å². The molecule has 2 rings (SSSR count). The maximum absolute atomic E-state index is 11.9. The normalized spacial score (nSPS) is 14.4. The average Bonchev–Trinajstić information content (AvgIpc) is 2.71. The van der Waals surface area contributed by atoms with Crippen LogP contribution in [0.1, 0.15) is 12.0 Å². The van der Waals surface area contributed by atoms with Crippen LogP contribution in [0.25, 0.3) is 0 Å². The number of rotatable bonds is 9. The van der Waals surface area contributed by atoms with E-state index in [0.29, 0.717) is 31.0 Å². The van der Waals surface area contributed by atoms with Crippen molar-refractivity contribution in [2.45, 2.75) is 12.8 Å². The number of ether oxygens (including phenoxy) is 3. The highest BCUT2D eigenvalue weighted by molar-refractivity contribution is 6.35. The Balaban J connectivity index is 1.62. The van der Waals surface area contributed by atoms with E-state index in [-0.39, 0.29) is 0 Å². The highest BCUT2D eigenvalue weighted by atomic mass is 16.5. The zero-order valence-electron chi connectivity index (χ0n) is 16.1. The molecule has 1 heterocycles. The fourth-order valence-electron chi connectivity index (χ4n) is 2.85. The number of amides is 2. The van der Waals surface area contributed by atoms with Crippen molar-refractivity contribution in [2.75, 3.05) is 60.2 Å². The molecule has 0 bridgehead atoms. The molecule has 8 heteroatoms. The molecule has 150 valence electrons. The van der Waals surface area contributed by atoms with Gasteiger partial charge < -0.3 is 24.8 Å². The number of carbonyl (C=O) groups excluding carboxylic acids is 2. The van der Waals surface area contributed by atoms with Crippen LogP contribution in [0.15, 0.2) is 18.2 Å². The molecular weight excluding hydrogens is 350 g/mol. The lowest BCUT2D eigenvalue weighted by molar-refractivity contribution is -0.139. The minimum atomic E-state index is -0.609. The maximum Gasteiger partial charge on any atom is 0.309 e. The highest BCUT2D eigenvalue weighted by Crippen LogP contribution is 2.27. The average molecular weight is 379 g/mol. The van der Waals surface area contributed by atoms with Gasteiger partial charge in [-0.1, -0.05) is 6.07 Å². The molecule has 0 spiro atoms. The number of methoxy groups -OCH3 is 2. The van der Waals surface area contributed by atoms with Gasteiger partial charge in [-0.25, -0.2) is 0 Å². The van der Waals surface area contributed by atoms with E-state index in [9.17, 15) is 9.59 Å². The van der Waals surface area contributed by atoms with Crippen molar-refractivity contribution in [2.24, 2.45) is 0 Å². The fraction of sp³-hybridized carbons (Fsp3) is 0.579. The van der Waals surface area contributed by atoms with E-state index in [4.69, 9.17) is 14.2 Å². The molecule has 1 saturated heterocycles. The Morgan fingerprint density at radius 2 is 1.70 bits per heavy atom. The summed E-state index contributed by atoms with van der Waals surface area (Å²) in [5.41, 5.74) is 0.985. The second-order valence-corrected chi connectivity index (χ2v) is 6.26. The Morgan fingerprint density at radius 3 is 2.37 bits per heavy atom. The first-order chi connectivity index (χ1) is 13.1. The van der Waals surface area contributed by atoms with Gasteiger partial charge in [0.25, 0.3) is 0 Å². The van der Waals surface area contributed by atoms with Gasteiger partial charge in [0.15, 0.2) is 11.5 Å². The predicted octanol–water partition coefficient (Wildman–Crippen LogP) is 0.201. The summed E-state index contributed by atoms with van der Waals surface area (Å²) < 4.78 is 15.7. The minimum Gasteiger partial charge on any atom is -0.493 e. The maximum atomic E-state index is 11.9. The smallest absolute Gasteiger partial charge is 0.309 e. The van der Waals surface area contributed by atoms with Gasteiger partial charge in [0.05, 0.1) is 27.4 Å². The second-order valence-electron chi connectivity index (χ2n) is 6.26. The van der Waals surface area contributed by atoms with Crippen molar-refractivity contribution in [3.8, 4) is 11.5 Å². The van der Waals surface area contributed by atoms with E-state index < -0.39 is 11.8 Å². The third kappa shape index (κ3) is 7.07. The molecule has 0 radical (unpaired) electrons. The first kappa shape index (κ1) is 21.0. The molecule has 27 heavy (non-hydrogen) atoms. The SMILES string of the molecule is COc1ccc(CCNC(=O)C(=O)NCCCN2CCOCC2)cc1OC. The quantitative estimate of drug-likeness (QED) is 0.471. The standard InChI is InChI=1S/C19H29N3O5/c1-25-16-5-4-15(14-17(16)26-2)6-8-21-19(24)18(23)20-7-3-9-22-10-12-27-13-11-22/h4-5,14H,3,6-13H2,1-2H3,(H,20,23)(H,21,24). The molecule has 2 N–H and O–H groups in total. The largest absolute Gasteiger partial charge is 0.493 e. The van der Waals surface area contributed by atoms with Crippen molar-refractivity contribution in [3.63, 3.8) is 0 Å². The van der Waals surface area contributed by atoms with Gasteiger partial charge in [0, 0.05) is 26.2 Å². The monoisotopic (exact) mass is 379 g/mol. The molecule has 1 aliphatic rings. The van der Waals surface area contributed by atoms with Crippen molar-refractivity contribution in [3.05, 3.63) is 23.8 Å². The molecule has 1 aromatic rings. The number of nitrogens with one attached hydrogen (secondary N) is 2. The number of nitrogens with zero attached hydrogens (tertiary/aromatic N) is 1. The van der Waals surface area contributed by atoms with Gasteiger partial charge in [-0.05, 0) is 37.1 Å². The fourth-order valence-corrected chi connectivity index (χ4v) is 2.85. The topological polar surface area (TPSA) is 89.1 Å². The van der Waals surface area contributed by atoms with Gasteiger partial charge in [0.1, 0.15) is 0 Å². The summed E-state index contributed by atoms with van der Waals surface area (Å²) in [6.45, 7) is 5.11. The van der Waals surface area contributed by atoms with Gasteiger partial charge >= 0.3 is 11.8 Å². The van der Waals surface area contributed by atoms with Crippen molar-refractivity contribution < 1.29 is 23.8 Å². The summed E-state index contributed by atoms with van der Waals surface area (Å²) in [5, 5.41) is 5.30. The number of morpholine rings is 1. The first-order valence-electron chi connectivity index (χ1n) is 9.21. The third-order valence-corrected chi connectivity index (χ3v) is 4.39. The van der Waals surface area contributed by atoms with Crippen molar-refractivity contribution in [1.29, 1.82) is 0 Å². The predicted molar refractivity (Wildman–Crippen MR) is 101 cm³/mol. The van der Waals surface area contributed by atoms with Gasteiger partial charge in [0.2, 0.25) is 0 Å². The molecule has 0 unspecified atom stereocenters. The number of benzene rings is 1. The summed E-state index contributed by atoms with van der Waals surface area (Å²) in [6, 6.07) is 5.58. The Bertz CT molecular complexity index is 617. The van der Waals surface area contributed by atoms with Crippen LogP contribution < -0.4 is 20.1 Å². The van der Waals surface area contributed by atoms with E-state index in [1.54, 1.807) is 14.2 Å². The van der Waals surface area contributed by atoms with Crippen LogP contribution in [-0.4, -0.2) is 76.9 Å². The van der Waals surface area contributed by atoms with Crippen LogP contribution in [0.5, 0.6) is 11.5 Å². The summed E-state index contributed by atoms with van der Waals surface area (Å²) >= 11 is 0. The van der Waals surface area contributed by atoms with Crippen molar-refractivity contribution in [1.82, 2.24) is 15.5 Å². The van der Waals surface area contributed by atoms with E-state index in [0.717, 1.165) is 44.8 Å². The molecule has 0 saturated carbocycles. The molecule has 2 amide bonds. The minimum absolute atomic E-state index is 0.371. The Labute approximate surface area is 160 Å². The summed E-state index contributed by atoms with van der Waals surface area (Å²) in [5.74, 6) is 0.0900. The van der Waals surface area contributed by atoms with Crippen LogP contribution in [0.4, 0.5) is 0 Å². The van der Waals surface area contributed by atoms with Crippen molar-refractivity contribution >= 4 is 11.8 Å². The number of hydrogen-bond donors (Lipinski definition) is 2. The van der Waals surface area contributed by atoms with Gasteiger partial charge in [-0.2, -0.15) is 0 Å². The molecule has 0 aromatic heterocycles. The molecule has 8 nitrogen and oxygen atoms in total. The lowest BCUT2D eigenvalue weighted by atomic mass is 10.1. The van der Waals surface area contributed by atoms with Gasteiger partial charge in [-0.15, -0.1) is 0 Å². The second kappa shape index (κ2) is 11.4. The molecule has 1 aliphatic heterocycles. The lowest BCUT2D eigenvalue weighted by Crippen LogP contribution is -2.42. The Morgan fingerprint density at radius 1 is 1.04 bits per heavy atom. The molecule has 0 atom stereocenters. The first-order valence-corrected chi connectivity index (χ1v) is 9.21. The molecule has 1 fully saturated rings. The Kier molecular flexibility index (Phi) is 8.86. The molecular formula is C19H29N3O5. The lowest BCUT2D eigenvalue weighted by Gasteiger charge is -2.26. The van der Waals surface area contributed by atoms with E-state index in [2.05, 4.69) is 15.5 Å². The summed E-state index contributed by atoms with van der Waals surface area (Å²) in [6.07, 6.45) is 1.40. The molecule has 0 aliphatic carbocycles. The van der Waals surface area contributed by atoms with Crippen LogP contribution in [0.3, 0.4) is 0 Å². The van der Waals surface area contributed by atoms with Crippen LogP contribution in [0.2, 0.25) is 0 Å². The Hall–Kier alpha value is -2.32. The van der Waals surface area contributed by atoms with E-state index in [1.807, 2.05) is 18.2 Å². The number of hydrogen-bond acceptors (Lipinski definition) is 6. The summed E-state index contributed by atoms with van der Waals surface area (Å²) in [7, 11) is 3.16. The van der Waals surface area contributed by atoms with E-state index >= 15 is 0 Å². The highest BCUT2D eigenvalue weighted by Gasteiger charge is 2.13. The van der Waals surface area contributed by atoms with E-state index in [1.165, 1.54) is 0 Å². The van der Waals surface area contributed by atoms with Crippen LogP contribution in [0, 0.1) is 0 Å². The van der Waals surface area contributed by atoms with Crippen LogP contribution in [-0.2, 0) is 20.7 Å². The summed E-state index contributed by atoms with van der Waals surface area (Å²) in [4.78, 5) is 26.0. The molecule has 1 aromatic carbocycles.